The van der Waals surface area contributed by atoms with Gasteiger partial charge in [-0.25, -0.2) is 8.42 Å². The van der Waals surface area contributed by atoms with E-state index in [0.717, 1.165) is 34.7 Å². The van der Waals surface area contributed by atoms with Crippen molar-refractivity contribution in [2.45, 2.75) is 51.6 Å². The van der Waals surface area contributed by atoms with Crippen LogP contribution in [0.5, 0.6) is 0 Å². The SMILES string of the molecule is CCCCNC(=O)[C@@H](Cc1ccccc1)N(Cc1ccc(Br)cc1)C(=O)CCCN(c1cccc(Cl)c1)S(C)(=O)=O. The third kappa shape index (κ3) is 10.5. The molecule has 2 amide bonds. The molecule has 0 spiro atoms. The van der Waals surface area contributed by atoms with E-state index in [9.17, 15) is 18.0 Å². The van der Waals surface area contributed by atoms with Gasteiger partial charge < -0.3 is 10.2 Å². The molecule has 220 valence electrons. The topological polar surface area (TPSA) is 86.8 Å². The van der Waals surface area contributed by atoms with Crippen molar-refractivity contribution < 1.29 is 18.0 Å². The summed E-state index contributed by atoms with van der Waals surface area (Å²) in [5.74, 6) is -0.427. The summed E-state index contributed by atoms with van der Waals surface area (Å²) in [6, 6.07) is 23.2. The first-order valence-corrected chi connectivity index (χ1v) is 16.7. The van der Waals surface area contributed by atoms with Crippen molar-refractivity contribution >= 4 is 55.1 Å². The summed E-state index contributed by atoms with van der Waals surface area (Å²) in [6.45, 7) is 2.93. The van der Waals surface area contributed by atoms with Crippen molar-refractivity contribution in [2.75, 3.05) is 23.7 Å². The zero-order valence-electron chi connectivity index (χ0n) is 23.4. The van der Waals surface area contributed by atoms with Gasteiger partial charge in [-0.3, -0.25) is 13.9 Å². The Bertz CT molecular complexity index is 1390. The first-order chi connectivity index (χ1) is 19.6. The molecule has 0 aliphatic rings. The van der Waals surface area contributed by atoms with Crippen LogP contribution in [-0.2, 0) is 32.6 Å². The fourth-order valence-electron chi connectivity index (χ4n) is 4.48. The van der Waals surface area contributed by atoms with E-state index in [1.165, 1.54) is 4.31 Å². The Balaban J connectivity index is 1.86. The largest absolute Gasteiger partial charge is 0.354 e. The molecule has 0 aliphatic heterocycles. The summed E-state index contributed by atoms with van der Waals surface area (Å²) < 4.78 is 27.3. The van der Waals surface area contributed by atoms with E-state index in [-0.39, 0.29) is 37.7 Å². The van der Waals surface area contributed by atoms with E-state index in [4.69, 9.17) is 11.6 Å². The smallest absolute Gasteiger partial charge is 0.243 e. The molecule has 1 atom stereocenters. The number of carbonyl (C=O) groups is 2. The van der Waals surface area contributed by atoms with Gasteiger partial charge in [-0.2, -0.15) is 0 Å². The second-order valence-electron chi connectivity index (χ2n) is 9.92. The number of sulfonamides is 1. The van der Waals surface area contributed by atoms with E-state index in [2.05, 4.69) is 28.2 Å². The van der Waals surface area contributed by atoms with Crippen LogP contribution in [0.4, 0.5) is 5.69 Å². The van der Waals surface area contributed by atoms with E-state index in [1.807, 2.05) is 54.6 Å². The highest BCUT2D eigenvalue weighted by Crippen LogP contribution is 2.23. The average molecular weight is 663 g/mol. The van der Waals surface area contributed by atoms with Crippen molar-refractivity contribution in [1.29, 1.82) is 0 Å². The van der Waals surface area contributed by atoms with Crippen LogP contribution >= 0.6 is 27.5 Å². The van der Waals surface area contributed by atoms with Gasteiger partial charge in [0.2, 0.25) is 21.8 Å². The number of hydrogen-bond acceptors (Lipinski definition) is 4. The predicted octanol–water partition coefficient (Wildman–Crippen LogP) is 6.21. The fourth-order valence-corrected chi connectivity index (χ4v) is 5.89. The van der Waals surface area contributed by atoms with Gasteiger partial charge in [0.05, 0.1) is 11.9 Å². The zero-order chi connectivity index (χ0) is 29.8. The van der Waals surface area contributed by atoms with E-state index < -0.39 is 16.1 Å². The molecule has 0 saturated carbocycles. The number of nitrogens with zero attached hydrogens (tertiary/aromatic N) is 2. The summed E-state index contributed by atoms with van der Waals surface area (Å²) in [5.41, 5.74) is 2.27. The van der Waals surface area contributed by atoms with Crippen molar-refractivity contribution in [3.8, 4) is 0 Å². The maximum Gasteiger partial charge on any atom is 0.243 e. The number of amides is 2. The normalized spacial score (nSPS) is 12.0. The molecule has 0 unspecified atom stereocenters. The van der Waals surface area contributed by atoms with Crippen molar-refractivity contribution in [2.24, 2.45) is 0 Å². The lowest BCUT2D eigenvalue weighted by atomic mass is 10.0. The van der Waals surface area contributed by atoms with Crippen molar-refractivity contribution in [3.63, 3.8) is 0 Å². The maximum absolute atomic E-state index is 13.9. The number of benzene rings is 3. The molecule has 0 saturated heterocycles. The van der Waals surface area contributed by atoms with Crippen molar-refractivity contribution in [1.82, 2.24) is 10.2 Å². The van der Waals surface area contributed by atoms with Crippen LogP contribution < -0.4 is 9.62 Å². The van der Waals surface area contributed by atoms with Crippen LogP contribution in [-0.4, -0.2) is 50.5 Å². The van der Waals surface area contributed by atoms with Crippen LogP contribution in [0, 0.1) is 0 Å². The Morgan fingerprint density at radius 3 is 2.29 bits per heavy atom. The third-order valence-electron chi connectivity index (χ3n) is 6.62. The Morgan fingerprint density at radius 1 is 0.951 bits per heavy atom. The van der Waals surface area contributed by atoms with Gasteiger partial charge in [0.25, 0.3) is 0 Å². The van der Waals surface area contributed by atoms with Gasteiger partial charge >= 0.3 is 0 Å². The average Bonchev–Trinajstić information content (AvgIpc) is 2.94. The molecule has 3 rings (SSSR count). The first kappa shape index (κ1) is 32.6. The number of rotatable bonds is 15. The van der Waals surface area contributed by atoms with Crippen LogP contribution in [0.1, 0.15) is 43.7 Å². The molecule has 0 fully saturated rings. The lowest BCUT2D eigenvalue weighted by Gasteiger charge is -2.32. The van der Waals surface area contributed by atoms with Crippen LogP contribution in [0.15, 0.2) is 83.3 Å². The molecule has 0 aliphatic carbocycles. The monoisotopic (exact) mass is 661 g/mol. The molecule has 7 nitrogen and oxygen atoms in total. The number of anilines is 1. The number of halogens is 2. The second kappa shape index (κ2) is 15.9. The van der Waals surface area contributed by atoms with E-state index >= 15 is 0 Å². The van der Waals surface area contributed by atoms with Gasteiger partial charge in [-0.1, -0.05) is 89.4 Å². The van der Waals surface area contributed by atoms with Gasteiger partial charge in [0, 0.05) is 42.0 Å². The molecule has 0 bridgehead atoms. The highest BCUT2D eigenvalue weighted by Gasteiger charge is 2.30. The lowest BCUT2D eigenvalue weighted by molar-refractivity contribution is -0.141. The Kier molecular flexibility index (Phi) is 12.7. The lowest BCUT2D eigenvalue weighted by Crippen LogP contribution is -2.50. The van der Waals surface area contributed by atoms with Crippen LogP contribution in [0.2, 0.25) is 5.02 Å². The Hall–Kier alpha value is -2.88. The highest BCUT2D eigenvalue weighted by atomic mass is 79.9. The molecule has 0 aromatic heterocycles. The number of carbonyl (C=O) groups excluding carboxylic acids is 2. The van der Waals surface area contributed by atoms with Gasteiger partial charge in [-0.15, -0.1) is 0 Å². The number of hydrogen-bond donors (Lipinski definition) is 1. The Labute approximate surface area is 257 Å². The second-order valence-corrected chi connectivity index (χ2v) is 13.2. The summed E-state index contributed by atoms with van der Waals surface area (Å²) >= 11 is 9.56. The molecular formula is C31H37BrClN3O4S. The molecule has 0 heterocycles. The summed E-state index contributed by atoms with van der Waals surface area (Å²) in [4.78, 5) is 29.0. The quantitative estimate of drug-likeness (QED) is 0.196. The van der Waals surface area contributed by atoms with Crippen molar-refractivity contribution in [3.05, 3.63) is 99.5 Å². The van der Waals surface area contributed by atoms with E-state index in [1.54, 1.807) is 29.2 Å². The molecule has 41 heavy (non-hydrogen) atoms. The number of nitrogens with one attached hydrogen (secondary N) is 1. The van der Waals surface area contributed by atoms with Gasteiger partial charge in [0.15, 0.2) is 0 Å². The summed E-state index contributed by atoms with van der Waals surface area (Å²) in [6.07, 6.45) is 3.61. The minimum atomic E-state index is -3.61. The molecule has 0 radical (unpaired) electrons. The molecule has 1 N–H and O–H groups in total. The first-order valence-electron chi connectivity index (χ1n) is 13.7. The minimum Gasteiger partial charge on any atom is -0.354 e. The molecular weight excluding hydrogens is 626 g/mol. The highest BCUT2D eigenvalue weighted by molar-refractivity contribution is 9.10. The maximum atomic E-state index is 13.9. The van der Waals surface area contributed by atoms with Gasteiger partial charge in [0.1, 0.15) is 6.04 Å². The minimum absolute atomic E-state index is 0.0661. The zero-order valence-corrected chi connectivity index (χ0v) is 26.6. The van der Waals surface area contributed by atoms with Crippen LogP contribution in [0.3, 0.4) is 0 Å². The summed E-state index contributed by atoms with van der Waals surface area (Å²) in [7, 11) is -3.61. The predicted molar refractivity (Wildman–Crippen MR) is 169 cm³/mol. The molecule has 10 heteroatoms. The summed E-state index contributed by atoms with van der Waals surface area (Å²) in [5, 5.41) is 3.44. The molecule has 3 aromatic carbocycles. The van der Waals surface area contributed by atoms with Crippen LogP contribution in [0.25, 0.3) is 0 Å². The third-order valence-corrected chi connectivity index (χ3v) is 8.57. The fraction of sp³-hybridized carbons (Fsp3) is 0.355. The van der Waals surface area contributed by atoms with Gasteiger partial charge in [-0.05, 0) is 54.3 Å². The number of unbranched alkanes of at least 4 members (excludes halogenated alkanes) is 1. The van der Waals surface area contributed by atoms with E-state index in [0.29, 0.717) is 23.7 Å². The molecule has 3 aromatic rings. The Morgan fingerprint density at radius 2 is 1.66 bits per heavy atom. The standard InChI is InChI=1S/C31H37BrClN3O4S/c1-3-4-19-34-31(38)29(21-24-10-6-5-7-11-24)35(23-25-15-17-26(32)18-16-25)30(37)14-9-20-36(41(2,39)40)28-13-8-12-27(33)22-28/h5-8,10-13,15-18,22,29H,3-4,9,14,19-21,23H2,1-2H3,(H,34,38)/t29-/m1/s1.